The summed E-state index contributed by atoms with van der Waals surface area (Å²) in [6.07, 6.45) is 1.57. The Kier molecular flexibility index (Phi) is 4.39. The highest BCUT2D eigenvalue weighted by atomic mass is 35.5. The smallest absolute Gasteiger partial charge is 0.407 e. The number of fused-ring (bicyclic) bond motifs is 1. The number of hydrogen-bond acceptors (Lipinski definition) is 4. The molecular weight excluding hydrogens is 406 g/mol. The van der Waals surface area contributed by atoms with Crippen molar-refractivity contribution in [3.8, 4) is 0 Å². The zero-order valence-electron chi connectivity index (χ0n) is 16.6. The molecule has 8 heteroatoms. The molecule has 2 fully saturated rings. The molecule has 1 saturated carbocycles. The van der Waals surface area contributed by atoms with E-state index in [2.05, 4.69) is 5.32 Å². The first-order valence-corrected chi connectivity index (χ1v) is 10.5. The first-order valence-electron chi connectivity index (χ1n) is 10.1. The van der Waals surface area contributed by atoms with Gasteiger partial charge in [0.2, 0.25) is 0 Å². The minimum absolute atomic E-state index is 0.00450. The summed E-state index contributed by atoms with van der Waals surface area (Å²) in [4.78, 5) is 38.6. The second-order valence-corrected chi connectivity index (χ2v) is 8.90. The highest BCUT2D eigenvalue weighted by Crippen LogP contribution is 2.45. The molecule has 1 aromatic carbocycles. The van der Waals surface area contributed by atoms with Gasteiger partial charge >= 0.3 is 6.09 Å². The van der Waals surface area contributed by atoms with Crippen LogP contribution in [0.5, 0.6) is 0 Å². The normalized spacial score (nSPS) is 27.1. The summed E-state index contributed by atoms with van der Waals surface area (Å²) < 4.78 is 6.98. The van der Waals surface area contributed by atoms with Gasteiger partial charge < -0.3 is 19.5 Å². The van der Waals surface area contributed by atoms with Crippen molar-refractivity contribution >= 4 is 23.6 Å². The Balaban J connectivity index is 1.42. The predicted molar refractivity (Wildman–Crippen MR) is 111 cm³/mol. The van der Waals surface area contributed by atoms with Crippen LogP contribution < -0.4 is 10.9 Å². The van der Waals surface area contributed by atoms with Crippen molar-refractivity contribution in [3.05, 3.63) is 68.6 Å². The van der Waals surface area contributed by atoms with Gasteiger partial charge in [-0.25, -0.2) is 4.79 Å². The summed E-state index contributed by atoms with van der Waals surface area (Å²) in [6.45, 7) is 1.11. The van der Waals surface area contributed by atoms with Gasteiger partial charge in [-0.3, -0.25) is 9.59 Å². The van der Waals surface area contributed by atoms with Gasteiger partial charge in [0.1, 0.15) is 5.60 Å². The number of nitrogens with zero attached hydrogens (tertiary/aromatic N) is 2. The molecule has 0 bridgehead atoms. The Hall–Kier alpha value is -2.80. The molecule has 2 aliphatic heterocycles. The predicted octanol–water partition coefficient (Wildman–Crippen LogP) is 2.67. The largest absolute Gasteiger partial charge is 0.441 e. The molecule has 7 nitrogen and oxygen atoms in total. The topological polar surface area (TPSA) is 80.6 Å². The molecule has 1 N–H and O–H groups in total. The number of nitrogens with one attached hydrogen (secondary N) is 1. The maximum atomic E-state index is 13.2. The lowest BCUT2D eigenvalue weighted by Crippen LogP contribution is -2.51. The van der Waals surface area contributed by atoms with E-state index < -0.39 is 5.60 Å². The fourth-order valence-corrected chi connectivity index (χ4v) is 5.34. The molecule has 30 heavy (non-hydrogen) atoms. The van der Waals surface area contributed by atoms with Crippen LogP contribution in [0.15, 0.2) is 41.2 Å². The van der Waals surface area contributed by atoms with Crippen LogP contribution in [0.2, 0.25) is 5.02 Å². The molecule has 156 valence electrons. The van der Waals surface area contributed by atoms with Crippen LogP contribution in [0.4, 0.5) is 4.79 Å². The third-order valence-electron chi connectivity index (χ3n) is 6.60. The number of carbonyl (C=O) groups excluding carboxylic acids is 2. The number of hydrogen-bond donors (Lipinski definition) is 1. The van der Waals surface area contributed by atoms with Crippen LogP contribution in [-0.4, -0.2) is 40.2 Å². The van der Waals surface area contributed by atoms with E-state index in [0.717, 1.165) is 18.4 Å². The van der Waals surface area contributed by atoms with Gasteiger partial charge in [0.05, 0.1) is 17.6 Å². The van der Waals surface area contributed by atoms with Gasteiger partial charge in [-0.05, 0) is 36.5 Å². The summed E-state index contributed by atoms with van der Waals surface area (Å²) in [5.74, 6) is 0.253. The van der Waals surface area contributed by atoms with E-state index in [4.69, 9.17) is 16.3 Å². The number of halogens is 1. The highest BCUT2D eigenvalue weighted by Gasteiger charge is 2.52. The van der Waals surface area contributed by atoms with E-state index in [-0.39, 0.29) is 29.5 Å². The second-order valence-electron chi connectivity index (χ2n) is 8.49. The summed E-state index contributed by atoms with van der Waals surface area (Å²) in [6, 6.07) is 10.5. The van der Waals surface area contributed by atoms with Crippen LogP contribution in [0.1, 0.15) is 40.5 Å². The van der Waals surface area contributed by atoms with Gasteiger partial charge in [0.25, 0.3) is 11.5 Å². The highest BCUT2D eigenvalue weighted by molar-refractivity contribution is 6.31. The van der Waals surface area contributed by atoms with Gasteiger partial charge in [-0.1, -0.05) is 29.8 Å². The first-order chi connectivity index (χ1) is 14.4. The molecular formula is C22H22ClN3O4. The molecule has 3 heterocycles. The molecule has 5 rings (SSSR count). The molecule has 2 amide bonds. The van der Waals surface area contributed by atoms with Crippen LogP contribution in [-0.2, 0) is 18.2 Å². The monoisotopic (exact) mass is 427 g/mol. The fraction of sp³-hybridized carbons (Fsp3) is 0.409. The maximum absolute atomic E-state index is 13.2. The van der Waals surface area contributed by atoms with Gasteiger partial charge in [0, 0.05) is 37.3 Å². The standard InChI is InChI=1S/C22H22ClN3O4/c1-25-18(16(23)6-7-19(25)27)8-17-14-4-2-3-5-15(14)20(28)26(17)11-13-9-22(10-13)12-24-21(29)30-22/h2-7,13,17H,8-12H2,1H3,(H,24,29). The Bertz CT molecular complexity index is 1110. The van der Waals surface area contributed by atoms with Crippen molar-refractivity contribution in [2.75, 3.05) is 13.1 Å². The van der Waals surface area contributed by atoms with Crippen molar-refractivity contribution in [1.82, 2.24) is 14.8 Å². The third kappa shape index (κ3) is 2.99. The SMILES string of the molecule is Cn1c(CC2c3ccccc3C(=O)N2CC2CC3(CNC(=O)O3)C2)c(Cl)ccc1=O. The Morgan fingerprint density at radius 3 is 2.67 bits per heavy atom. The molecule has 1 atom stereocenters. The number of amides is 2. The van der Waals surface area contributed by atoms with Crippen LogP contribution in [0.3, 0.4) is 0 Å². The molecule has 1 spiro atoms. The van der Waals surface area contributed by atoms with E-state index in [1.54, 1.807) is 17.7 Å². The minimum Gasteiger partial charge on any atom is -0.441 e. The molecule has 2 aromatic rings. The Morgan fingerprint density at radius 1 is 1.17 bits per heavy atom. The summed E-state index contributed by atoms with van der Waals surface area (Å²) >= 11 is 6.41. The van der Waals surface area contributed by atoms with Crippen LogP contribution in [0, 0.1) is 5.92 Å². The number of benzene rings is 1. The zero-order valence-corrected chi connectivity index (χ0v) is 17.3. The number of pyridine rings is 1. The quantitative estimate of drug-likeness (QED) is 0.813. The summed E-state index contributed by atoms with van der Waals surface area (Å²) in [5, 5.41) is 3.23. The lowest BCUT2D eigenvalue weighted by molar-refractivity contribution is -0.0555. The third-order valence-corrected chi connectivity index (χ3v) is 6.94. The molecule has 1 saturated heterocycles. The number of alkyl carbamates (subject to hydrolysis) is 1. The number of aromatic nitrogens is 1. The van der Waals surface area contributed by atoms with Crippen molar-refractivity contribution in [1.29, 1.82) is 0 Å². The van der Waals surface area contributed by atoms with Crippen molar-refractivity contribution in [2.24, 2.45) is 13.0 Å². The molecule has 1 aromatic heterocycles. The number of ether oxygens (including phenoxy) is 1. The van der Waals surface area contributed by atoms with Gasteiger partial charge in [-0.15, -0.1) is 0 Å². The average Bonchev–Trinajstić information content (AvgIpc) is 3.21. The zero-order chi connectivity index (χ0) is 21.0. The lowest BCUT2D eigenvalue weighted by Gasteiger charge is -2.44. The average molecular weight is 428 g/mol. The Labute approximate surface area is 178 Å². The first kappa shape index (κ1) is 19.2. The van der Waals surface area contributed by atoms with Crippen molar-refractivity contribution < 1.29 is 14.3 Å². The number of carbonyl (C=O) groups is 2. The Morgan fingerprint density at radius 2 is 1.93 bits per heavy atom. The van der Waals surface area contributed by atoms with E-state index in [0.29, 0.717) is 35.8 Å². The molecule has 3 aliphatic rings. The second kappa shape index (κ2) is 6.87. The van der Waals surface area contributed by atoms with Crippen LogP contribution in [0.25, 0.3) is 0 Å². The molecule has 1 unspecified atom stereocenters. The summed E-state index contributed by atoms with van der Waals surface area (Å²) in [5.41, 5.74) is 1.82. The van der Waals surface area contributed by atoms with E-state index in [1.165, 1.54) is 6.07 Å². The van der Waals surface area contributed by atoms with Crippen LogP contribution >= 0.6 is 11.6 Å². The molecule has 1 aliphatic carbocycles. The van der Waals surface area contributed by atoms with E-state index in [1.807, 2.05) is 29.2 Å². The van der Waals surface area contributed by atoms with Gasteiger partial charge in [0.15, 0.2) is 0 Å². The molecule has 0 radical (unpaired) electrons. The van der Waals surface area contributed by atoms with E-state index in [9.17, 15) is 14.4 Å². The minimum atomic E-state index is -0.417. The number of rotatable bonds is 4. The van der Waals surface area contributed by atoms with Gasteiger partial charge in [-0.2, -0.15) is 0 Å². The summed E-state index contributed by atoms with van der Waals surface area (Å²) in [7, 11) is 1.70. The lowest BCUT2D eigenvalue weighted by atomic mass is 9.70. The van der Waals surface area contributed by atoms with Crippen molar-refractivity contribution in [3.63, 3.8) is 0 Å². The van der Waals surface area contributed by atoms with Crippen molar-refractivity contribution in [2.45, 2.75) is 30.9 Å². The van der Waals surface area contributed by atoms with E-state index >= 15 is 0 Å². The fourth-order valence-electron chi connectivity index (χ4n) is 5.07. The maximum Gasteiger partial charge on any atom is 0.407 e.